The van der Waals surface area contributed by atoms with Crippen LogP contribution >= 0.6 is 0 Å². The van der Waals surface area contributed by atoms with Gasteiger partial charge in [0.05, 0.1) is 29.3 Å². The maximum absolute atomic E-state index is 12.7. The molecular weight excluding hydrogens is 360 g/mol. The quantitative estimate of drug-likeness (QED) is 0.353. The molecule has 1 heterocycles. The molecule has 0 unspecified atom stereocenters. The fourth-order valence-electron chi connectivity index (χ4n) is 2.86. The number of aromatic nitrogens is 1. The van der Waals surface area contributed by atoms with Crippen LogP contribution in [0.5, 0.6) is 0 Å². The monoisotopic (exact) mass is 380 g/mol. The number of anilines is 1. The van der Waals surface area contributed by atoms with E-state index in [2.05, 4.69) is 15.6 Å². The molecular formula is C20H20N4O4. The van der Waals surface area contributed by atoms with Gasteiger partial charge < -0.3 is 15.4 Å². The van der Waals surface area contributed by atoms with Crippen LogP contribution in [0.2, 0.25) is 0 Å². The number of methoxy groups -OCH3 is 1. The van der Waals surface area contributed by atoms with E-state index < -0.39 is 10.8 Å². The molecule has 0 fully saturated rings. The summed E-state index contributed by atoms with van der Waals surface area (Å²) in [5, 5.41) is 18.9. The molecule has 1 aromatic heterocycles. The van der Waals surface area contributed by atoms with Crippen molar-refractivity contribution in [3.05, 3.63) is 76.1 Å². The van der Waals surface area contributed by atoms with Crippen LogP contribution < -0.4 is 10.6 Å². The Balaban J connectivity index is 1.82. The molecule has 3 aromatic rings. The summed E-state index contributed by atoms with van der Waals surface area (Å²) in [6.07, 6.45) is 1.69. The van der Waals surface area contributed by atoms with E-state index in [0.717, 1.165) is 16.5 Å². The summed E-state index contributed by atoms with van der Waals surface area (Å²) in [7, 11) is 1.57. The van der Waals surface area contributed by atoms with Crippen molar-refractivity contribution in [1.82, 2.24) is 10.3 Å². The van der Waals surface area contributed by atoms with Crippen molar-refractivity contribution in [1.29, 1.82) is 0 Å². The Morgan fingerprint density at radius 3 is 2.82 bits per heavy atom. The lowest BCUT2D eigenvalue weighted by Gasteiger charge is -2.12. The molecule has 0 spiro atoms. The van der Waals surface area contributed by atoms with Crippen molar-refractivity contribution in [2.75, 3.05) is 25.6 Å². The van der Waals surface area contributed by atoms with E-state index in [4.69, 9.17) is 4.74 Å². The van der Waals surface area contributed by atoms with Gasteiger partial charge in [0, 0.05) is 43.1 Å². The lowest BCUT2D eigenvalue weighted by atomic mass is 10.1. The number of nitro benzene ring substituents is 1. The van der Waals surface area contributed by atoms with Crippen LogP contribution in [0.3, 0.4) is 0 Å². The molecule has 2 aromatic carbocycles. The zero-order valence-corrected chi connectivity index (χ0v) is 15.3. The first kappa shape index (κ1) is 19.2. The molecule has 0 aliphatic rings. The molecule has 0 aliphatic carbocycles. The number of nitrogens with zero attached hydrogens (tertiary/aromatic N) is 2. The minimum Gasteiger partial charge on any atom is -0.383 e. The van der Waals surface area contributed by atoms with E-state index in [1.807, 2.05) is 30.3 Å². The third kappa shape index (κ3) is 4.41. The topological polar surface area (TPSA) is 106 Å². The van der Waals surface area contributed by atoms with E-state index in [9.17, 15) is 14.9 Å². The Kier molecular flexibility index (Phi) is 6.13. The highest BCUT2D eigenvalue weighted by Crippen LogP contribution is 2.23. The second-order valence-corrected chi connectivity index (χ2v) is 6.07. The summed E-state index contributed by atoms with van der Waals surface area (Å²) >= 11 is 0. The number of benzene rings is 2. The first-order valence-electron chi connectivity index (χ1n) is 8.72. The molecule has 3 rings (SSSR count). The van der Waals surface area contributed by atoms with E-state index in [-0.39, 0.29) is 17.8 Å². The number of hydrogen-bond acceptors (Lipinski definition) is 6. The molecule has 0 radical (unpaired) electrons. The number of nitrogens with one attached hydrogen (secondary N) is 2. The number of ether oxygens (including phenoxy) is 1. The van der Waals surface area contributed by atoms with Crippen LogP contribution in [0.15, 0.2) is 54.7 Å². The maximum atomic E-state index is 12.7. The number of carbonyl (C=O) groups excluding carboxylic acids is 1. The first-order chi connectivity index (χ1) is 13.6. The number of hydrogen-bond donors (Lipinski definition) is 2. The van der Waals surface area contributed by atoms with E-state index in [0.29, 0.717) is 18.8 Å². The molecule has 8 nitrogen and oxygen atoms in total. The summed E-state index contributed by atoms with van der Waals surface area (Å²) in [6.45, 7) is 1.12. The summed E-state index contributed by atoms with van der Waals surface area (Å²) < 4.78 is 4.99. The molecule has 0 saturated heterocycles. The Morgan fingerprint density at radius 2 is 2.04 bits per heavy atom. The molecule has 0 bridgehead atoms. The number of nitro groups is 1. The summed E-state index contributed by atoms with van der Waals surface area (Å²) in [5.74, 6) is -0.418. The highest BCUT2D eigenvalue weighted by atomic mass is 16.6. The van der Waals surface area contributed by atoms with Gasteiger partial charge in [0.2, 0.25) is 0 Å². The Morgan fingerprint density at radius 1 is 1.21 bits per heavy atom. The number of fused-ring (bicyclic) bond motifs is 1. The average molecular weight is 380 g/mol. The van der Waals surface area contributed by atoms with E-state index >= 15 is 0 Å². The summed E-state index contributed by atoms with van der Waals surface area (Å²) in [5.41, 5.74) is 1.29. The third-order valence-corrected chi connectivity index (χ3v) is 4.25. The van der Waals surface area contributed by atoms with Gasteiger partial charge in [-0.1, -0.05) is 24.3 Å². The number of carbonyl (C=O) groups is 1. The lowest BCUT2D eigenvalue weighted by molar-refractivity contribution is -0.384. The molecule has 0 aliphatic heterocycles. The van der Waals surface area contributed by atoms with Gasteiger partial charge in [0.15, 0.2) is 0 Å². The van der Waals surface area contributed by atoms with E-state index in [1.165, 1.54) is 18.2 Å². The summed E-state index contributed by atoms with van der Waals surface area (Å²) in [6, 6.07) is 13.8. The molecule has 8 heteroatoms. The highest BCUT2D eigenvalue weighted by Gasteiger charge is 2.17. The molecule has 28 heavy (non-hydrogen) atoms. The van der Waals surface area contributed by atoms with Crippen LogP contribution in [0.1, 0.15) is 16.1 Å². The fourth-order valence-corrected chi connectivity index (χ4v) is 2.86. The van der Waals surface area contributed by atoms with Crippen molar-refractivity contribution in [2.24, 2.45) is 0 Å². The largest absolute Gasteiger partial charge is 0.383 e. The minimum atomic E-state index is -0.526. The van der Waals surface area contributed by atoms with Crippen LogP contribution in [0.4, 0.5) is 11.4 Å². The van der Waals surface area contributed by atoms with Gasteiger partial charge in [-0.05, 0) is 17.5 Å². The van der Waals surface area contributed by atoms with Gasteiger partial charge >= 0.3 is 0 Å². The minimum absolute atomic E-state index is 0.147. The lowest BCUT2D eigenvalue weighted by Crippen LogP contribution is -2.25. The van der Waals surface area contributed by atoms with Crippen LogP contribution in [-0.4, -0.2) is 36.1 Å². The molecule has 0 atom stereocenters. The number of amides is 1. The fraction of sp³-hybridized carbons (Fsp3) is 0.200. The Hall–Kier alpha value is -3.52. The standard InChI is InChI=1S/C20H20N4O4/c1-28-11-10-22-18-7-6-15(24(26)27)12-17(18)20(25)23-13-19-16-5-3-2-4-14(16)8-9-21-19/h2-9,12,22H,10-11,13H2,1H3,(H,23,25). The Labute approximate surface area is 161 Å². The van der Waals surface area contributed by atoms with Crippen LogP contribution in [0, 0.1) is 10.1 Å². The predicted molar refractivity (Wildman–Crippen MR) is 106 cm³/mol. The van der Waals surface area contributed by atoms with Crippen LogP contribution in [0.25, 0.3) is 10.8 Å². The highest BCUT2D eigenvalue weighted by molar-refractivity contribution is 6.00. The van der Waals surface area contributed by atoms with Crippen molar-refractivity contribution < 1.29 is 14.5 Å². The Bertz CT molecular complexity index is 1000. The van der Waals surface area contributed by atoms with Crippen LogP contribution in [-0.2, 0) is 11.3 Å². The zero-order valence-electron chi connectivity index (χ0n) is 15.3. The van der Waals surface area contributed by atoms with Gasteiger partial charge in [-0.15, -0.1) is 0 Å². The smallest absolute Gasteiger partial charge is 0.270 e. The van der Waals surface area contributed by atoms with E-state index in [1.54, 1.807) is 13.3 Å². The molecule has 0 saturated carbocycles. The number of rotatable bonds is 8. The van der Waals surface area contributed by atoms with Gasteiger partial charge in [-0.3, -0.25) is 19.9 Å². The van der Waals surface area contributed by atoms with Crippen molar-refractivity contribution in [3.8, 4) is 0 Å². The van der Waals surface area contributed by atoms with Gasteiger partial charge in [-0.25, -0.2) is 0 Å². The second kappa shape index (κ2) is 8.92. The molecule has 144 valence electrons. The van der Waals surface area contributed by atoms with Crippen molar-refractivity contribution in [2.45, 2.75) is 6.54 Å². The maximum Gasteiger partial charge on any atom is 0.270 e. The third-order valence-electron chi connectivity index (χ3n) is 4.25. The van der Waals surface area contributed by atoms with Gasteiger partial charge in [-0.2, -0.15) is 0 Å². The van der Waals surface area contributed by atoms with Gasteiger partial charge in [0.25, 0.3) is 11.6 Å². The second-order valence-electron chi connectivity index (χ2n) is 6.07. The number of non-ortho nitro benzene ring substituents is 1. The average Bonchev–Trinajstić information content (AvgIpc) is 2.72. The normalized spacial score (nSPS) is 10.6. The summed E-state index contributed by atoms with van der Waals surface area (Å²) in [4.78, 5) is 27.7. The van der Waals surface area contributed by atoms with Crippen molar-refractivity contribution >= 4 is 28.1 Å². The SMILES string of the molecule is COCCNc1ccc([N+](=O)[O-])cc1C(=O)NCc1nccc2ccccc12. The number of pyridine rings is 1. The van der Waals surface area contributed by atoms with Gasteiger partial charge in [0.1, 0.15) is 0 Å². The molecule has 1 amide bonds. The van der Waals surface area contributed by atoms with Crippen molar-refractivity contribution in [3.63, 3.8) is 0 Å². The predicted octanol–water partition coefficient (Wildman–Crippen LogP) is 3.13. The first-order valence-corrected chi connectivity index (χ1v) is 8.72. The molecule has 2 N–H and O–H groups in total. The zero-order chi connectivity index (χ0) is 19.9.